The van der Waals surface area contributed by atoms with Gasteiger partial charge in [-0.05, 0) is 12.0 Å². The molecule has 0 heterocycles. The van der Waals surface area contributed by atoms with E-state index in [1.54, 1.807) is 0 Å². The fraction of sp³-hybridized carbons (Fsp3) is 0.429. The van der Waals surface area contributed by atoms with E-state index in [2.05, 4.69) is 5.32 Å². The Labute approximate surface area is 119 Å². The van der Waals surface area contributed by atoms with Crippen LogP contribution in [-0.4, -0.2) is 33.5 Å². The van der Waals surface area contributed by atoms with Gasteiger partial charge in [0.25, 0.3) is 0 Å². The van der Waals surface area contributed by atoms with Crippen molar-refractivity contribution in [1.82, 2.24) is 5.32 Å². The van der Waals surface area contributed by atoms with E-state index in [1.165, 1.54) is 0 Å². The van der Waals surface area contributed by atoms with Gasteiger partial charge in [0, 0.05) is 28.9 Å². The highest BCUT2D eigenvalue weighted by Crippen LogP contribution is 2.38. The molecule has 0 radical (unpaired) electrons. The molecule has 6 heteroatoms. The summed E-state index contributed by atoms with van der Waals surface area (Å²) in [5.74, 6) is -1.25. The van der Waals surface area contributed by atoms with E-state index >= 15 is 0 Å². The van der Waals surface area contributed by atoms with Crippen LogP contribution >= 0.6 is 0 Å². The first-order valence-electron chi connectivity index (χ1n) is 6.47. The number of benzene rings is 1. The summed E-state index contributed by atoms with van der Waals surface area (Å²) in [6, 6.07) is 9.53. The third-order valence-electron chi connectivity index (χ3n) is 3.24. The minimum Gasteiger partial charge on any atom is -0.481 e. The number of carboxylic acid groups (broad SMARTS) is 1. The monoisotopic (exact) mass is 295 g/mol. The van der Waals surface area contributed by atoms with Crippen molar-refractivity contribution in [2.75, 3.05) is 12.3 Å². The highest BCUT2D eigenvalue weighted by atomic mass is 32.2. The summed E-state index contributed by atoms with van der Waals surface area (Å²) in [7, 11) is -1.03. The molecule has 0 saturated heterocycles. The Morgan fingerprint density at radius 1 is 1.25 bits per heavy atom. The number of aliphatic carboxylic acids is 1. The maximum absolute atomic E-state index is 11.8. The van der Waals surface area contributed by atoms with Crippen LogP contribution in [0.1, 0.15) is 12.0 Å². The number of carbonyl (C=O) groups is 2. The van der Waals surface area contributed by atoms with Crippen LogP contribution in [0, 0.1) is 11.8 Å². The standard InChI is InChI=1S/C14H17NO4S/c16-13(11-8-12(11)14(17)18)15-6-7-20(19)9-10-4-2-1-3-5-10/h1-5,11-12H,6-9H2,(H,15,16)(H,17,18). The lowest BCUT2D eigenvalue weighted by Crippen LogP contribution is -2.30. The van der Waals surface area contributed by atoms with E-state index in [9.17, 15) is 13.8 Å². The minimum atomic E-state index is -1.03. The summed E-state index contributed by atoms with van der Waals surface area (Å²) in [5.41, 5.74) is 1.00. The van der Waals surface area contributed by atoms with Gasteiger partial charge in [-0.1, -0.05) is 30.3 Å². The molecule has 20 heavy (non-hydrogen) atoms. The molecule has 0 bridgehead atoms. The largest absolute Gasteiger partial charge is 0.481 e. The zero-order chi connectivity index (χ0) is 14.5. The van der Waals surface area contributed by atoms with Gasteiger partial charge < -0.3 is 10.4 Å². The van der Waals surface area contributed by atoms with Gasteiger partial charge in [0.15, 0.2) is 0 Å². The Morgan fingerprint density at radius 3 is 2.55 bits per heavy atom. The molecule has 1 fully saturated rings. The number of nitrogens with one attached hydrogen (secondary N) is 1. The summed E-state index contributed by atoms with van der Waals surface area (Å²) < 4.78 is 11.8. The molecular weight excluding hydrogens is 278 g/mol. The molecular formula is C14H17NO4S. The third kappa shape index (κ3) is 4.16. The van der Waals surface area contributed by atoms with Crippen molar-refractivity contribution in [3.05, 3.63) is 35.9 Å². The van der Waals surface area contributed by atoms with Gasteiger partial charge in [0.05, 0.1) is 11.8 Å². The quantitative estimate of drug-likeness (QED) is 0.778. The van der Waals surface area contributed by atoms with Crippen molar-refractivity contribution < 1.29 is 18.9 Å². The third-order valence-corrected chi connectivity index (χ3v) is 4.56. The number of carbonyl (C=O) groups excluding carboxylic acids is 1. The molecule has 1 aliphatic rings. The fourth-order valence-corrected chi connectivity index (χ4v) is 3.05. The molecule has 1 amide bonds. The van der Waals surface area contributed by atoms with E-state index in [0.717, 1.165) is 5.56 Å². The van der Waals surface area contributed by atoms with Gasteiger partial charge in [-0.3, -0.25) is 13.8 Å². The second-order valence-electron chi connectivity index (χ2n) is 4.85. The van der Waals surface area contributed by atoms with Crippen molar-refractivity contribution in [1.29, 1.82) is 0 Å². The van der Waals surface area contributed by atoms with Gasteiger partial charge in [-0.2, -0.15) is 0 Å². The minimum absolute atomic E-state index is 0.242. The second-order valence-corrected chi connectivity index (χ2v) is 6.43. The lowest BCUT2D eigenvalue weighted by atomic mass is 10.2. The number of amides is 1. The predicted molar refractivity (Wildman–Crippen MR) is 75.4 cm³/mol. The van der Waals surface area contributed by atoms with Gasteiger partial charge in [-0.15, -0.1) is 0 Å². The van der Waals surface area contributed by atoms with E-state index in [-0.39, 0.29) is 5.91 Å². The molecule has 3 unspecified atom stereocenters. The van der Waals surface area contributed by atoms with Crippen LogP contribution in [0.5, 0.6) is 0 Å². The smallest absolute Gasteiger partial charge is 0.307 e. The van der Waals surface area contributed by atoms with Crippen LogP contribution in [0.3, 0.4) is 0 Å². The first-order valence-corrected chi connectivity index (χ1v) is 7.96. The molecule has 1 aromatic carbocycles. The molecule has 108 valence electrons. The molecule has 1 aromatic rings. The summed E-state index contributed by atoms with van der Waals surface area (Å²) in [5, 5.41) is 11.4. The van der Waals surface area contributed by atoms with Gasteiger partial charge >= 0.3 is 5.97 Å². The number of rotatable bonds is 7. The lowest BCUT2D eigenvalue weighted by molar-refractivity contribution is -0.140. The Morgan fingerprint density at radius 2 is 1.95 bits per heavy atom. The Bertz CT molecular complexity index is 517. The van der Waals surface area contributed by atoms with E-state index < -0.39 is 28.6 Å². The first-order chi connectivity index (χ1) is 9.58. The van der Waals surface area contributed by atoms with E-state index in [0.29, 0.717) is 24.5 Å². The molecule has 1 saturated carbocycles. The van der Waals surface area contributed by atoms with Gasteiger partial charge in [0.2, 0.25) is 5.91 Å². The molecule has 0 aliphatic heterocycles. The van der Waals surface area contributed by atoms with Crippen LogP contribution in [-0.2, 0) is 26.1 Å². The van der Waals surface area contributed by atoms with Crippen molar-refractivity contribution in [2.45, 2.75) is 12.2 Å². The Balaban J connectivity index is 1.65. The zero-order valence-electron chi connectivity index (χ0n) is 11.0. The number of hydrogen-bond donors (Lipinski definition) is 2. The normalized spacial score (nSPS) is 22.0. The van der Waals surface area contributed by atoms with Crippen LogP contribution in [0.4, 0.5) is 0 Å². The fourth-order valence-electron chi connectivity index (χ4n) is 2.01. The Hall–Kier alpha value is -1.69. The molecule has 0 aromatic heterocycles. The highest BCUT2D eigenvalue weighted by Gasteiger charge is 2.48. The van der Waals surface area contributed by atoms with Crippen molar-refractivity contribution in [3.8, 4) is 0 Å². The lowest BCUT2D eigenvalue weighted by Gasteiger charge is -2.05. The summed E-state index contributed by atoms with van der Waals surface area (Å²) in [6.07, 6.45) is 0.411. The van der Waals surface area contributed by atoms with Crippen LogP contribution < -0.4 is 5.32 Å². The maximum Gasteiger partial charge on any atom is 0.307 e. The van der Waals surface area contributed by atoms with Crippen LogP contribution in [0.2, 0.25) is 0 Å². The SMILES string of the molecule is O=C(O)C1CC1C(=O)NCCS(=O)Cc1ccccc1. The first kappa shape index (κ1) is 14.7. The topological polar surface area (TPSA) is 83.5 Å². The van der Waals surface area contributed by atoms with Crippen molar-refractivity contribution in [2.24, 2.45) is 11.8 Å². The maximum atomic E-state index is 11.8. The average Bonchev–Trinajstić information content (AvgIpc) is 3.20. The molecule has 3 atom stereocenters. The summed E-state index contributed by atoms with van der Waals surface area (Å²) in [6.45, 7) is 0.321. The predicted octanol–water partition coefficient (Wildman–Crippen LogP) is 0.772. The van der Waals surface area contributed by atoms with Crippen molar-refractivity contribution >= 4 is 22.7 Å². The molecule has 2 N–H and O–H groups in total. The molecule has 0 spiro atoms. The second kappa shape index (κ2) is 6.65. The number of carboxylic acids is 1. The molecule has 5 nitrogen and oxygen atoms in total. The summed E-state index contributed by atoms with van der Waals surface area (Å²) in [4.78, 5) is 22.2. The molecule has 2 rings (SSSR count). The van der Waals surface area contributed by atoms with Gasteiger partial charge in [-0.25, -0.2) is 0 Å². The Kier molecular flexibility index (Phi) is 4.89. The molecule has 1 aliphatic carbocycles. The van der Waals surface area contributed by atoms with Crippen molar-refractivity contribution in [3.63, 3.8) is 0 Å². The average molecular weight is 295 g/mol. The van der Waals surface area contributed by atoms with Crippen LogP contribution in [0.15, 0.2) is 30.3 Å². The summed E-state index contributed by atoms with van der Waals surface area (Å²) >= 11 is 0. The number of hydrogen-bond acceptors (Lipinski definition) is 3. The van der Waals surface area contributed by atoms with Crippen LogP contribution in [0.25, 0.3) is 0 Å². The van der Waals surface area contributed by atoms with E-state index in [1.807, 2.05) is 30.3 Å². The van der Waals surface area contributed by atoms with Gasteiger partial charge in [0.1, 0.15) is 0 Å². The highest BCUT2D eigenvalue weighted by molar-refractivity contribution is 7.84. The van der Waals surface area contributed by atoms with E-state index in [4.69, 9.17) is 5.11 Å². The zero-order valence-corrected chi connectivity index (χ0v) is 11.8.